The summed E-state index contributed by atoms with van der Waals surface area (Å²) in [6.45, 7) is 3.96. The molecule has 0 saturated heterocycles. The molecule has 1 N–H and O–H groups in total. The van der Waals surface area contributed by atoms with E-state index in [0.29, 0.717) is 0 Å². The summed E-state index contributed by atoms with van der Waals surface area (Å²) in [6.07, 6.45) is 3.29. The Hall–Kier alpha value is -1.64. The highest BCUT2D eigenvalue weighted by Gasteiger charge is 2.04. The van der Waals surface area contributed by atoms with Gasteiger partial charge in [0.1, 0.15) is 5.65 Å². The van der Waals surface area contributed by atoms with E-state index in [9.17, 15) is 0 Å². The largest absolute Gasteiger partial charge is 0.306 e. The lowest BCUT2D eigenvalue weighted by Crippen LogP contribution is -1.91. The van der Waals surface area contributed by atoms with Crippen LogP contribution in [-0.2, 0) is 0 Å². The summed E-state index contributed by atoms with van der Waals surface area (Å²) in [5.41, 5.74) is 3.86. The molecule has 0 unspecified atom stereocenters. The van der Waals surface area contributed by atoms with Crippen LogP contribution in [0.1, 0.15) is 17.0 Å². The number of aromatic nitrogens is 2. The van der Waals surface area contributed by atoms with Crippen molar-refractivity contribution in [1.29, 1.82) is 5.41 Å². The number of rotatable bonds is 1. The Labute approximate surface area is 76.5 Å². The number of pyridine rings is 1. The molecule has 3 nitrogen and oxygen atoms in total. The number of fused-ring (bicyclic) bond motifs is 1. The zero-order valence-corrected chi connectivity index (χ0v) is 7.70. The average Bonchev–Trinajstić information content (AvgIpc) is 2.39. The van der Waals surface area contributed by atoms with Crippen LogP contribution in [-0.4, -0.2) is 15.6 Å². The molecule has 2 rings (SSSR count). The zero-order chi connectivity index (χ0) is 9.42. The monoisotopic (exact) mass is 173 g/mol. The fourth-order valence-corrected chi connectivity index (χ4v) is 1.46. The van der Waals surface area contributed by atoms with Gasteiger partial charge < -0.3 is 5.41 Å². The molecular weight excluding hydrogens is 162 g/mol. The van der Waals surface area contributed by atoms with Gasteiger partial charge in [-0.3, -0.25) is 4.40 Å². The predicted molar refractivity (Wildman–Crippen MR) is 52.6 cm³/mol. The van der Waals surface area contributed by atoms with Crippen LogP contribution in [0.25, 0.3) is 5.65 Å². The molecule has 0 saturated carbocycles. The van der Waals surface area contributed by atoms with Crippen molar-refractivity contribution in [2.24, 2.45) is 0 Å². The molecule has 0 bridgehead atoms. The van der Waals surface area contributed by atoms with Gasteiger partial charge in [-0.2, -0.15) is 0 Å². The van der Waals surface area contributed by atoms with Crippen LogP contribution in [0.5, 0.6) is 0 Å². The molecule has 66 valence electrons. The second kappa shape index (κ2) is 2.69. The molecule has 0 amide bonds. The van der Waals surface area contributed by atoms with E-state index in [-0.39, 0.29) is 0 Å². The number of hydrogen-bond acceptors (Lipinski definition) is 2. The lowest BCUT2D eigenvalue weighted by molar-refractivity contribution is 1.15. The lowest BCUT2D eigenvalue weighted by Gasteiger charge is -1.96. The maximum Gasteiger partial charge on any atom is 0.137 e. The number of nitrogens with zero attached hydrogens (tertiary/aromatic N) is 2. The van der Waals surface area contributed by atoms with Crippen LogP contribution in [0.3, 0.4) is 0 Å². The Bertz CT molecular complexity index is 468. The highest BCUT2D eigenvalue weighted by Crippen LogP contribution is 2.11. The smallest absolute Gasteiger partial charge is 0.137 e. The van der Waals surface area contributed by atoms with E-state index in [2.05, 4.69) is 4.98 Å². The van der Waals surface area contributed by atoms with E-state index >= 15 is 0 Å². The Kier molecular flexibility index (Phi) is 1.65. The normalized spacial score (nSPS) is 10.6. The highest BCUT2D eigenvalue weighted by atomic mass is 15.0. The van der Waals surface area contributed by atoms with Crippen molar-refractivity contribution in [3.8, 4) is 0 Å². The van der Waals surface area contributed by atoms with Crippen LogP contribution in [0.2, 0.25) is 0 Å². The fraction of sp³-hybridized carbons (Fsp3) is 0.200. The first-order valence-electron chi connectivity index (χ1n) is 4.18. The molecular formula is C10H11N3. The summed E-state index contributed by atoms with van der Waals surface area (Å²) >= 11 is 0. The molecule has 0 aliphatic heterocycles. The zero-order valence-electron chi connectivity index (χ0n) is 7.70. The van der Waals surface area contributed by atoms with E-state index < -0.39 is 0 Å². The second-order valence-electron chi connectivity index (χ2n) is 3.16. The first kappa shape index (κ1) is 7.98. The van der Waals surface area contributed by atoms with E-state index in [0.717, 1.165) is 17.0 Å². The van der Waals surface area contributed by atoms with Crippen molar-refractivity contribution in [2.45, 2.75) is 13.8 Å². The van der Waals surface area contributed by atoms with E-state index in [1.54, 1.807) is 0 Å². The van der Waals surface area contributed by atoms with Crippen molar-refractivity contribution < 1.29 is 0 Å². The maximum atomic E-state index is 7.25. The van der Waals surface area contributed by atoms with Gasteiger partial charge in [-0.1, -0.05) is 0 Å². The molecule has 0 fully saturated rings. The number of nitrogens with one attached hydrogen (secondary N) is 1. The lowest BCUT2D eigenvalue weighted by atomic mass is 10.3. The van der Waals surface area contributed by atoms with Crippen LogP contribution in [0.15, 0.2) is 18.3 Å². The van der Waals surface area contributed by atoms with Gasteiger partial charge in [0, 0.05) is 12.4 Å². The molecule has 2 aromatic rings. The van der Waals surface area contributed by atoms with E-state index in [4.69, 9.17) is 5.41 Å². The van der Waals surface area contributed by atoms with Crippen LogP contribution in [0, 0.1) is 19.3 Å². The number of aryl methyl sites for hydroxylation is 2. The third kappa shape index (κ3) is 1.13. The Morgan fingerprint density at radius 1 is 1.46 bits per heavy atom. The molecule has 2 heterocycles. The van der Waals surface area contributed by atoms with Gasteiger partial charge in [-0.25, -0.2) is 4.98 Å². The van der Waals surface area contributed by atoms with Gasteiger partial charge in [-0.05, 0) is 31.5 Å². The minimum atomic E-state index is 0.856. The Morgan fingerprint density at radius 3 is 2.92 bits per heavy atom. The summed E-state index contributed by atoms with van der Waals surface area (Å²) in [5.74, 6) is 0. The predicted octanol–water partition coefficient (Wildman–Crippen LogP) is 1.95. The third-order valence-corrected chi connectivity index (χ3v) is 2.14. The molecule has 0 spiro atoms. The molecule has 13 heavy (non-hydrogen) atoms. The summed E-state index contributed by atoms with van der Waals surface area (Å²) in [6, 6.07) is 4.03. The van der Waals surface area contributed by atoms with Crippen LogP contribution >= 0.6 is 0 Å². The second-order valence-corrected chi connectivity index (χ2v) is 3.16. The first-order chi connectivity index (χ1) is 6.22. The quantitative estimate of drug-likeness (QED) is 0.658. The molecule has 0 atom stereocenters. The standard InChI is InChI=1S/C10H11N3/c1-7-3-4-13-9(6-11)8(2)12-10(13)5-7/h3-6,11H,1-2H3. The van der Waals surface area contributed by atoms with Crippen molar-refractivity contribution >= 4 is 11.9 Å². The van der Waals surface area contributed by atoms with E-state index in [1.807, 2.05) is 36.6 Å². The van der Waals surface area contributed by atoms with Gasteiger partial charge in [0.2, 0.25) is 0 Å². The van der Waals surface area contributed by atoms with E-state index in [1.165, 1.54) is 11.8 Å². The van der Waals surface area contributed by atoms with Gasteiger partial charge in [0.25, 0.3) is 0 Å². The highest BCUT2D eigenvalue weighted by molar-refractivity contribution is 5.78. The Balaban J connectivity index is 2.86. The maximum absolute atomic E-state index is 7.25. The topological polar surface area (TPSA) is 41.2 Å². The summed E-state index contributed by atoms with van der Waals surface area (Å²) in [7, 11) is 0. The summed E-state index contributed by atoms with van der Waals surface area (Å²) in [5, 5.41) is 7.25. The molecule has 0 aliphatic rings. The molecule has 3 heteroatoms. The van der Waals surface area contributed by atoms with Crippen LogP contribution in [0.4, 0.5) is 0 Å². The van der Waals surface area contributed by atoms with Crippen molar-refractivity contribution in [3.05, 3.63) is 35.3 Å². The fourth-order valence-electron chi connectivity index (χ4n) is 1.46. The SMILES string of the molecule is Cc1ccn2c(C=N)c(C)nc2c1. The molecule has 0 aromatic carbocycles. The van der Waals surface area contributed by atoms with Crippen molar-refractivity contribution in [2.75, 3.05) is 0 Å². The van der Waals surface area contributed by atoms with Crippen LogP contribution < -0.4 is 0 Å². The molecule has 0 aliphatic carbocycles. The minimum absolute atomic E-state index is 0.856. The summed E-state index contributed by atoms with van der Waals surface area (Å²) < 4.78 is 1.93. The number of imidazole rings is 1. The van der Waals surface area contributed by atoms with Gasteiger partial charge in [0.05, 0.1) is 11.4 Å². The molecule has 2 aromatic heterocycles. The Morgan fingerprint density at radius 2 is 2.23 bits per heavy atom. The van der Waals surface area contributed by atoms with Crippen molar-refractivity contribution in [1.82, 2.24) is 9.38 Å². The van der Waals surface area contributed by atoms with Gasteiger partial charge >= 0.3 is 0 Å². The minimum Gasteiger partial charge on any atom is -0.306 e. The summed E-state index contributed by atoms with van der Waals surface area (Å²) in [4.78, 5) is 4.36. The third-order valence-electron chi connectivity index (χ3n) is 2.14. The van der Waals surface area contributed by atoms with Crippen molar-refractivity contribution in [3.63, 3.8) is 0 Å². The van der Waals surface area contributed by atoms with Gasteiger partial charge in [0.15, 0.2) is 0 Å². The number of hydrogen-bond donors (Lipinski definition) is 1. The average molecular weight is 173 g/mol. The van der Waals surface area contributed by atoms with Gasteiger partial charge in [-0.15, -0.1) is 0 Å². The first-order valence-corrected chi connectivity index (χ1v) is 4.18. The molecule has 0 radical (unpaired) electrons.